The lowest BCUT2D eigenvalue weighted by Gasteiger charge is -2.15. The highest BCUT2D eigenvalue weighted by Gasteiger charge is 2.10. The van der Waals surface area contributed by atoms with Crippen LogP contribution in [-0.4, -0.2) is 31.8 Å². The second-order valence-corrected chi connectivity index (χ2v) is 4.23. The number of hydrogen-bond donors (Lipinski definition) is 1. The van der Waals surface area contributed by atoms with Gasteiger partial charge in [0.1, 0.15) is 5.75 Å². The van der Waals surface area contributed by atoms with Gasteiger partial charge >= 0.3 is 0 Å². The van der Waals surface area contributed by atoms with Crippen LogP contribution in [0, 0.1) is 13.8 Å². The van der Waals surface area contributed by atoms with E-state index in [2.05, 4.69) is 10.3 Å². The molecular weight excluding hydrogens is 216 g/mol. The summed E-state index contributed by atoms with van der Waals surface area (Å²) in [6.45, 7) is 7.40. The largest absolute Gasteiger partial charge is 0.496 e. The molecule has 0 spiro atoms. The number of nitrogens with one attached hydrogen (secondary N) is 1. The maximum absolute atomic E-state index is 5.71. The lowest BCUT2D eigenvalue weighted by Crippen LogP contribution is -2.23. The van der Waals surface area contributed by atoms with E-state index in [9.17, 15) is 0 Å². The minimum Gasteiger partial charge on any atom is -0.496 e. The Kier molecular flexibility index (Phi) is 5.38. The topological polar surface area (TPSA) is 43.4 Å². The number of pyridine rings is 1. The van der Waals surface area contributed by atoms with Gasteiger partial charge in [-0.2, -0.15) is 0 Å². The van der Waals surface area contributed by atoms with Crippen molar-refractivity contribution in [2.45, 2.75) is 33.5 Å². The average molecular weight is 238 g/mol. The lowest BCUT2D eigenvalue weighted by atomic mass is 10.1. The van der Waals surface area contributed by atoms with Gasteiger partial charge in [-0.15, -0.1) is 0 Å². The molecule has 0 amide bonds. The van der Waals surface area contributed by atoms with E-state index < -0.39 is 0 Å². The van der Waals surface area contributed by atoms with Crippen LogP contribution in [0.1, 0.15) is 23.7 Å². The molecule has 0 aliphatic heterocycles. The van der Waals surface area contributed by atoms with Crippen molar-refractivity contribution in [1.82, 2.24) is 10.3 Å². The van der Waals surface area contributed by atoms with Crippen molar-refractivity contribution in [3.63, 3.8) is 0 Å². The highest BCUT2D eigenvalue weighted by Crippen LogP contribution is 2.24. The van der Waals surface area contributed by atoms with E-state index in [1.165, 1.54) is 0 Å². The van der Waals surface area contributed by atoms with Crippen LogP contribution in [0.25, 0.3) is 0 Å². The Morgan fingerprint density at radius 2 is 2.12 bits per heavy atom. The highest BCUT2D eigenvalue weighted by atomic mass is 16.5. The first-order chi connectivity index (χ1) is 8.10. The van der Waals surface area contributed by atoms with Gasteiger partial charge in [-0.05, 0) is 27.8 Å². The summed E-state index contributed by atoms with van der Waals surface area (Å²) in [5.41, 5.74) is 3.05. The molecular formula is C13H22N2O2. The quantitative estimate of drug-likeness (QED) is 0.821. The molecule has 1 aromatic heterocycles. The molecule has 1 unspecified atom stereocenters. The zero-order valence-corrected chi connectivity index (χ0v) is 11.3. The zero-order chi connectivity index (χ0) is 12.8. The lowest BCUT2D eigenvalue weighted by molar-refractivity contribution is 0.0521. The van der Waals surface area contributed by atoms with Crippen molar-refractivity contribution in [2.24, 2.45) is 0 Å². The summed E-state index contributed by atoms with van der Waals surface area (Å²) in [4.78, 5) is 4.39. The Morgan fingerprint density at radius 1 is 1.41 bits per heavy atom. The van der Waals surface area contributed by atoms with Crippen LogP contribution in [0.4, 0.5) is 0 Å². The van der Waals surface area contributed by atoms with Crippen LogP contribution in [0.2, 0.25) is 0 Å². The number of aromatic nitrogens is 1. The summed E-state index contributed by atoms with van der Waals surface area (Å²) in [5, 5.41) is 3.08. The predicted octanol–water partition coefficient (Wildman–Crippen LogP) is 1.83. The molecule has 1 N–H and O–H groups in total. The molecule has 0 radical (unpaired) electrons. The molecule has 0 saturated carbocycles. The van der Waals surface area contributed by atoms with Crippen molar-refractivity contribution in [3.8, 4) is 5.75 Å². The second kappa shape index (κ2) is 6.57. The van der Waals surface area contributed by atoms with Crippen molar-refractivity contribution in [3.05, 3.63) is 23.0 Å². The van der Waals surface area contributed by atoms with Crippen molar-refractivity contribution >= 4 is 0 Å². The van der Waals surface area contributed by atoms with Gasteiger partial charge in [-0.3, -0.25) is 4.98 Å². The number of aryl methyl sites for hydroxylation is 1. The fraction of sp³-hybridized carbons (Fsp3) is 0.615. The molecule has 0 aliphatic rings. The van der Waals surface area contributed by atoms with Crippen LogP contribution >= 0.6 is 0 Å². The fourth-order valence-electron chi connectivity index (χ4n) is 1.78. The normalized spacial score (nSPS) is 12.5. The van der Waals surface area contributed by atoms with Crippen LogP contribution in [0.15, 0.2) is 6.20 Å². The molecule has 0 aliphatic carbocycles. The number of nitrogens with zero attached hydrogens (tertiary/aromatic N) is 1. The first-order valence-corrected chi connectivity index (χ1v) is 5.85. The van der Waals surface area contributed by atoms with E-state index in [0.29, 0.717) is 6.61 Å². The Bertz CT molecular complexity index is 367. The van der Waals surface area contributed by atoms with Gasteiger partial charge < -0.3 is 14.8 Å². The molecule has 1 atom stereocenters. The summed E-state index contributed by atoms with van der Waals surface area (Å²) >= 11 is 0. The molecule has 4 nitrogen and oxygen atoms in total. The Hall–Kier alpha value is -1.13. The Balaban J connectivity index is 2.72. The third kappa shape index (κ3) is 3.68. The Labute approximate surface area is 103 Å². The average Bonchev–Trinajstić information content (AvgIpc) is 2.29. The van der Waals surface area contributed by atoms with Crippen LogP contribution in [0.5, 0.6) is 5.75 Å². The third-order valence-electron chi connectivity index (χ3n) is 2.75. The van der Waals surface area contributed by atoms with Gasteiger partial charge in [-0.1, -0.05) is 0 Å². The molecule has 96 valence electrons. The third-order valence-corrected chi connectivity index (χ3v) is 2.75. The van der Waals surface area contributed by atoms with Crippen molar-refractivity contribution in [2.75, 3.05) is 20.7 Å². The molecule has 0 aromatic carbocycles. The molecule has 0 bridgehead atoms. The number of methoxy groups -OCH3 is 1. The number of likely N-dealkylation sites (N-methyl/N-ethyl adjacent to an activating group) is 1. The minimum absolute atomic E-state index is 0.175. The summed E-state index contributed by atoms with van der Waals surface area (Å²) in [6.07, 6.45) is 2.00. The summed E-state index contributed by atoms with van der Waals surface area (Å²) in [5.74, 6) is 0.903. The highest BCUT2D eigenvalue weighted by molar-refractivity contribution is 5.40. The first kappa shape index (κ1) is 13.9. The van der Waals surface area contributed by atoms with Gasteiger partial charge in [0, 0.05) is 23.9 Å². The Morgan fingerprint density at radius 3 is 2.71 bits per heavy atom. The zero-order valence-electron chi connectivity index (χ0n) is 11.3. The minimum atomic E-state index is 0.175. The maximum Gasteiger partial charge on any atom is 0.128 e. The van der Waals surface area contributed by atoms with Gasteiger partial charge in [0.2, 0.25) is 0 Å². The van der Waals surface area contributed by atoms with Crippen molar-refractivity contribution in [1.29, 1.82) is 0 Å². The van der Waals surface area contributed by atoms with E-state index in [4.69, 9.17) is 9.47 Å². The van der Waals surface area contributed by atoms with Crippen LogP contribution < -0.4 is 10.1 Å². The van der Waals surface area contributed by atoms with Gasteiger partial charge in [0.15, 0.2) is 0 Å². The maximum atomic E-state index is 5.71. The van der Waals surface area contributed by atoms with E-state index >= 15 is 0 Å². The molecule has 1 aromatic rings. The predicted molar refractivity (Wildman–Crippen MR) is 68.4 cm³/mol. The monoisotopic (exact) mass is 238 g/mol. The number of ether oxygens (including phenoxy) is 2. The van der Waals surface area contributed by atoms with Gasteiger partial charge in [-0.25, -0.2) is 0 Å². The van der Waals surface area contributed by atoms with Crippen LogP contribution in [0.3, 0.4) is 0 Å². The molecule has 0 saturated heterocycles. The molecule has 1 heterocycles. The number of rotatable bonds is 6. The second-order valence-electron chi connectivity index (χ2n) is 4.23. The van der Waals surface area contributed by atoms with Crippen LogP contribution in [-0.2, 0) is 11.3 Å². The van der Waals surface area contributed by atoms with Gasteiger partial charge in [0.05, 0.1) is 25.5 Å². The first-order valence-electron chi connectivity index (χ1n) is 5.85. The molecule has 17 heavy (non-hydrogen) atoms. The summed E-state index contributed by atoms with van der Waals surface area (Å²) < 4.78 is 11.1. The molecule has 1 rings (SSSR count). The van der Waals surface area contributed by atoms with Gasteiger partial charge in [0.25, 0.3) is 0 Å². The van der Waals surface area contributed by atoms with E-state index in [0.717, 1.165) is 29.1 Å². The molecule has 0 fully saturated rings. The summed E-state index contributed by atoms with van der Waals surface area (Å²) in [7, 11) is 3.60. The fourth-order valence-corrected chi connectivity index (χ4v) is 1.78. The number of hydrogen-bond acceptors (Lipinski definition) is 4. The standard InChI is InChI=1S/C13H22N2O2/c1-9-6-15-12(11(3)13(9)16-5)8-17-10(2)7-14-4/h6,10,14H,7-8H2,1-5H3. The molecule has 4 heteroatoms. The summed E-state index contributed by atoms with van der Waals surface area (Å²) in [6, 6.07) is 0. The SMILES string of the molecule is CNCC(C)OCc1ncc(C)c(OC)c1C. The van der Waals surface area contributed by atoms with E-state index in [1.807, 2.05) is 34.0 Å². The van der Waals surface area contributed by atoms with E-state index in [-0.39, 0.29) is 6.10 Å². The van der Waals surface area contributed by atoms with Crippen molar-refractivity contribution < 1.29 is 9.47 Å². The van der Waals surface area contributed by atoms with E-state index in [1.54, 1.807) is 7.11 Å². The smallest absolute Gasteiger partial charge is 0.128 e.